The molecule has 1 aliphatic heterocycles. The van der Waals surface area contributed by atoms with Crippen LogP contribution >= 0.6 is 11.3 Å². The smallest absolute Gasteiger partial charge is 0.225 e. The first-order valence-corrected chi connectivity index (χ1v) is 11.3. The molecule has 0 aromatic carbocycles. The molecule has 0 amide bonds. The number of anilines is 2. The van der Waals surface area contributed by atoms with Gasteiger partial charge in [-0.3, -0.25) is 0 Å². The summed E-state index contributed by atoms with van der Waals surface area (Å²) in [7, 11) is 0. The maximum Gasteiger partial charge on any atom is 0.225 e. The topological polar surface area (TPSA) is 62.5 Å². The third kappa shape index (κ3) is 4.04. The Balaban J connectivity index is 1.63. The number of hydrogen-bond acceptors (Lipinski definition) is 7. The van der Waals surface area contributed by atoms with Crippen LogP contribution in [-0.2, 0) is 6.54 Å². The molecule has 0 bridgehead atoms. The van der Waals surface area contributed by atoms with E-state index in [0.29, 0.717) is 0 Å². The zero-order valence-corrected chi connectivity index (χ0v) is 18.6. The van der Waals surface area contributed by atoms with E-state index < -0.39 is 0 Å². The van der Waals surface area contributed by atoms with Gasteiger partial charge in [0.25, 0.3) is 0 Å². The average molecular weight is 413 g/mol. The van der Waals surface area contributed by atoms with E-state index in [-0.39, 0.29) is 0 Å². The molecule has 154 valence electrons. The van der Waals surface area contributed by atoms with E-state index >= 15 is 0 Å². The Labute approximate surface area is 176 Å². The monoisotopic (exact) mass is 412 g/mol. The number of nitrogens with zero attached hydrogens (tertiary/aromatic N) is 6. The van der Waals surface area contributed by atoms with E-state index in [2.05, 4.69) is 47.5 Å². The molecule has 3 aromatic heterocycles. The van der Waals surface area contributed by atoms with E-state index in [4.69, 9.17) is 9.97 Å². The van der Waals surface area contributed by atoms with Crippen molar-refractivity contribution in [2.24, 2.45) is 0 Å². The van der Waals surface area contributed by atoms with Gasteiger partial charge >= 0.3 is 0 Å². The van der Waals surface area contributed by atoms with Crippen LogP contribution < -0.4 is 14.7 Å². The molecule has 0 spiro atoms. The molecule has 0 aliphatic carbocycles. The molecule has 29 heavy (non-hydrogen) atoms. The Hall–Kier alpha value is -2.32. The highest BCUT2D eigenvalue weighted by molar-refractivity contribution is 7.18. The Bertz CT molecular complexity index is 960. The third-order valence-corrected chi connectivity index (χ3v) is 6.98. The first-order chi connectivity index (χ1) is 14.1. The van der Waals surface area contributed by atoms with Crippen molar-refractivity contribution >= 4 is 33.3 Å². The fourth-order valence-electron chi connectivity index (χ4n) is 3.88. The maximum absolute atomic E-state index is 5.08. The van der Waals surface area contributed by atoms with Gasteiger partial charge < -0.3 is 14.7 Å². The van der Waals surface area contributed by atoms with Crippen LogP contribution in [0.1, 0.15) is 30.1 Å². The molecule has 4 heterocycles. The van der Waals surface area contributed by atoms with Crippen molar-refractivity contribution in [3.05, 3.63) is 34.7 Å². The summed E-state index contributed by atoms with van der Waals surface area (Å²) in [5, 5.41) is 1.23. The predicted molar refractivity (Wildman–Crippen MR) is 119 cm³/mol. The van der Waals surface area contributed by atoms with Gasteiger partial charge in [-0.2, -0.15) is 0 Å². The highest BCUT2D eigenvalue weighted by Crippen LogP contribution is 2.35. The molecule has 1 N–H and O–H groups in total. The Morgan fingerprint density at radius 2 is 1.62 bits per heavy atom. The van der Waals surface area contributed by atoms with Crippen molar-refractivity contribution in [3.8, 4) is 0 Å². The van der Waals surface area contributed by atoms with Crippen LogP contribution in [0.2, 0.25) is 0 Å². The summed E-state index contributed by atoms with van der Waals surface area (Å²) in [6.07, 6.45) is 3.62. The maximum atomic E-state index is 5.08. The van der Waals surface area contributed by atoms with Crippen molar-refractivity contribution in [3.63, 3.8) is 0 Å². The molecule has 8 heteroatoms. The first-order valence-electron chi connectivity index (χ1n) is 10.5. The lowest BCUT2D eigenvalue weighted by molar-refractivity contribution is -0.910. The fraction of sp³-hybridized carbons (Fsp3) is 0.524. The van der Waals surface area contributed by atoms with Crippen molar-refractivity contribution in [1.29, 1.82) is 0 Å². The summed E-state index contributed by atoms with van der Waals surface area (Å²) in [5.41, 5.74) is 1.32. The molecule has 4 rings (SSSR count). The quantitative estimate of drug-likeness (QED) is 0.667. The minimum atomic E-state index is 0.813. The predicted octanol–water partition coefficient (Wildman–Crippen LogP) is 1.85. The Kier molecular flexibility index (Phi) is 5.91. The molecule has 7 nitrogen and oxygen atoms in total. The van der Waals surface area contributed by atoms with Crippen LogP contribution in [0.25, 0.3) is 10.2 Å². The van der Waals surface area contributed by atoms with Crippen LogP contribution in [0, 0.1) is 13.8 Å². The highest BCUT2D eigenvalue weighted by Gasteiger charge is 2.25. The second-order valence-corrected chi connectivity index (χ2v) is 8.79. The minimum absolute atomic E-state index is 0.813. The lowest BCUT2D eigenvalue weighted by Gasteiger charge is -2.35. The molecule has 1 aliphatic rings. The number of aryl methyl sites for hydroxylation is 2. The number of thiophene rings is 1. The van der Waals surface area contributed by atoms with Gasteiger partial charge in [-0.25, -0.2) is 19.9 Å². The molecule has 3 aromatic rings. The van der Waals surface area contributed by atoms with Gasteiger partial charge in [0.15, 0.2) is 5.82 Å². The summed E-state index contributed by atoms with van der Waals surface area (Å²) in [6.45, 7) is 15.5. The second kappa shape index (κ2) is 8.59. The van der Waals surface area contributed by atoms with Crippen LogP contribution in [0.5, 0.6) is 0 Å². The number of quaternary nitrogens is 1. The number of fused-ring (bicyclic) bond motifs is 1. The largest absolute Gasteiger partial charge is 0.352 e. The summed E-state index contributed by atoms with van der Waals surface area (Å²) in [6, 6.07) is 1.86. The molecule has 0 radical (unpaired) electrons. The van der Waals surface area contributed by atoms with Gasteiger partial charge in [0.1, 0.15) is 17.2 Å². The lowest BCUT2D eigenvalue weighted by atomic mass is 10.2. The van der Waals surface area contributed by atoms with E-state index in [0.717, 1.165) is 68.2 Å². The van der Waals surface area contributed by atoms with E-state index in [9.17, 15) is 0 Å². The number of aromatic nitrogens is 4. The fourth-order valence-corrected chi connectivity index (χ4v) is 4.92. The summed E-state index contributed by atoms with van der Waals surface area (Å²) < 4.78 is 0. The van der Waals surface area contributed by atoms with Gasteiger partial charge in [-0.05, 0) is 39.3 Å². The molecule has 0 saturated carbocycles. The molecular weight excluding hydrogens is 382 g/mol. The SMILES string of the molecule is CC[NH+](CC)Cc1nc(N2CCN(c3ncccn3)CC2)c2c(C)c(C)sc2n1. The van der Waals surface area contributed by atoms with Crippen molar-refractivity contribution in [1.82, 2.24) is 19.9 Å². The minimum Gasteiger partial charge on any atom is -0.352 e. The van der Waals surface area contributed by atoms with E-state index in [1.54, 1.807) is 11.3 Å². The van der Waals surface area contributed by atoms with Gasteiger partial charge in [-0.15, -0.1) is 11.3 Å². The second-order valence-electron chi connectivity index (χ2n) is 7.58. The average Bonchev–Trinajstić information content (AvgIpc) is 3.05. The number of rotatable bonds is 6. The normalized spacial score (nSPS) is 14.9. The van der Waals surface area contributed by atoms with Crippen LogP contribution in [0.15, 0.2) is 18.5 Å². The third-order valence-electron chi connectivity index (χ3n) is 5.88. The Morgan fingerprint density at radius 1 is 0.966 bits per heavy atom. The first kappa shape index (κ1) is 20.0. The van der Waals surface area contributed by atoms with Crippen molar-refractivity contribution < 1.29 is 4.90 Å². The standard InChI is InChI=1S/C21H29N7S/c1-5-26(6-2)14-17-24-19(18-15(3)16(4)29-20(18)25-17)27-10-12-28(13-11-27)21-22-8-7-9-23-21/h7-9H,5-6,10-14H2,1-4H3/p+1. The molecule has 1 saturated heterocycles. The van der Waals surface area contributed by atoms with Gasteiger partial charge in [0.05, 0.1) is 18.5 Å². The summed E-state index contributed by atoms with van der Waals surface area (Å²) in [4.78, 5) is 27.5. The van der Waals surface area contributed by atoms with Gasteiger partial charge in [-0.1, -0.05) is 0 Å². The number of piperazine rings is 1. The van der Waals surface area contributed by atoms with Crippen molar-refractivity contribution in [2.75, 3.05) is 49.1 Å². The zero-order chi connectivity index (χ0) is 20.4. The van der Waals surface area contributed by atoms with E-state index in [1.807, 2.05) is 18.5 Å². The molecular formula is C21H30N7S+. The lowest BCUT2D eigenvalue weighted by Crippen LogP contribution is -3.10. The molecule has 0 unspecified atom stereocenters. The molecule has 0 atom stereocenters. The Morgan fingerprint density at radius 3 is 2.28 bits per heavy atom. The number of nitrogens with one attached hydrogen (secondary N) is 1. The van der Waals surface area contributed by atoms with Crippen LogP contribution in [0.3, 0.4) is 0 Å². The van der Waals surface area contributed by atoms with Crippen LogP contribution in [-0.4, -0.2) is 59.2 Å². The highest BCUT2D eigenvalue weighted by atomic mass is 32.1. The molecule has 1 fully saturated rings. The number of hydrogen-bond donors (Lipinski definition) is 1. The van der Waals surface area contributed by atoms with E-state index in [1.165, 1.54) is 20.7 Å². The van der Waals surface area contributed by atoms with Crippen LogP contribution in [0.4, 0.5) is 11.8 Å². The van der Waals surface area contributed by atoms with Gasteiger partial charge in [0.2, 0.25) is 5.95 Å². The summed E-state index contributed by atoms with van der Waals surface area (Å²) in [5.74, 6) is 2.88. The van der Waals surface area contributed by atoms with Gasteiger partial charge in [0, 0.05) is 43.4 Å². The van der Waals surface area contributed by atoms with Crippen molar-refractivity contribution in [2.45, 2.75) is 34.2 Å². The summed E-state index contributed by atoms with van der Waals surface area (Å²) >= 11 is 1.79. The zero-order valence-electron chi connectivity index (χ0n) is 17.8.